The number of carbonyl (C=O) groups is 2. The highest BCUT2D eigenvalue weighted by Crippen LogP contribution is 2.36. The van der Waals surface area contributed by atoms with E-state index in [1.54, 1.807) is 30.3 Å². The van der Waals surface area contributed by atoms with Crippen LogP contribution in [0.15, 0.2) is 78.1 Å². The summed E-state index contributed by atoms with van der Waals surface area (Å²) in [5.74, 6) is -1.71. The summed E-state index contributed by atoms with van der Waals surface area (Å²) in [6.45, 7) is 2.24. The number of nitrogens with one attached hydrogen (secondary N) is 2. The highest BCUT2D eigenvalue weighted by Gasteiger charge is 2.23. The van der Waals surface area contributed by atoms with Crippen molar-refractivity contribution < 1.29 is 41.0 Å². The zero-order valence-corrected chi connectivity index (χ0v) is 29.8. The number of hydrogen-bond donors (Lipinski definition) is 3. The predicted molar refractivity (Wildman–Crippen MR) is 194 cm³/mol. The molecule has 278 valence electrons. The number of primary amides is 1. The molecule has 0 atom stereocenters. The lowest BCUT2D eigenvalue weighted by Crippen LogP contribution is -2.18. The Morgan fingerprint density at radius 1 is 0.849 bits per heavy atom. The number of fused-ring (bicyclic) bond motifs is 1. The summed E-state index contributed by atoms with van der Waals surface area (Å²) in [6, 6.07) is 13.9. The van der Waals surface area contributed by atoms with Crippen LogP contribution in [0.1, 0.15) is 50.6 Å². The Bertz CT molecular complexity index is 2220. The van der Waals surface area contributed by atoms with Crippen LogP contribution in [0.3, 0.4) is 0 Å². The molecule has 0 aliphatic carbocycles. The van der Waals surface area contributed by atoms with Crippen LogP contribution in [0.5, 0.6) is 17.4 Å². The first-order valence-electron chi connectivity index (χ1n) is 16.7. The largest absolute Gasteiger partial charge is 0.491 e. The summed E-state index contributed by atoms with van der Waals surface area (Å²) in [6.07, 6.45) is 7.43. The number of benzene rings is 3. The van der Waals surface area contributed by atoms with Gasteiger partial charge in [0.1, 0.15) is 39.8 Å². The minimum atomic E-state index is -4.48. The van der Waals surface area contributed by atoms with Gasteiger partial charge < -0.3 is 25.3 Å². The van der Waals surface area contributed by atoms with Crippen LogP contribution in [-0.4, -0.2) is 49.1 Å². The molecule has 0 unspecified atom stereocenters. The van der Waals surface area contributed by atoms with Crippen molar-refractivity contribution >= 4 is 44.3 Å². The van der Waals surface area contributed by atoms with Crippen molar-refractivity contribution in [2.75, 3.05) is 23.8 Å². The average Bonchev–Trinajstić information content (AvgIpc) is 3.11. The van der Waals surface area contributed by atoms with Crippen molar-refractivity contribution in [2.45, 2.75) is 56.8 Å². The monoisotopic (exact) mass is 748 g/mol. The number of halogens is 2. The average molecular weight is 749 g/mol. The van der Waals surface area contributed by atoms with Gasteiger partial charge in [0.15, 0.2) is 5.75 Å². The van der Waals surface area contributed by atoms with Crippen LogP contribution in [-0.2, 0) is 14.8 Å². The van der Waals surface area contributed by atoms with Gasteiger partial charge in [0.05, 0.1) is 19.4 Å². The van der Waals surface area contributed by atoms with Crippen molar-refractivity contribution in [1.29, 1.82) is 0 Å². The van der Waals surface area contributed by atoms with E-state index >= 15 is 0 Å². The second-order valence-electron chi connectivity index (χ2n) is 12.0. The minimum Gasteiger partial charge on any atom is -0.491 e. The topological polar surface area (TPSA) is 185 Å². The van der Waals surface area contributed by atoms with Gasteiger partial charge in [0.2, 0.25) is 11.8 Å². The van der Waals surface area contributed by atoms with E-state index in [0.29, 0.717) is 59.3 Å². The number of aryl methyl sites for hydroxylation is 1. The molecule has 2 aromatic heterocycles. The number of amides is 2. The van der Waals surface area contributed by atoms with Crippen LogP contribution in [0.2, 0.25) is 0 Å². The number of pyridine rings is 1. The fourth-order valence-corrected chi connectivity index (χ4v) is 6.64. The number of hydrogen-bond acceptors (Lipinski definition) is 10. The Labute approximate surface area is 305 Å². The van der Waals surface area contributed by atoms with E-state index in [4.69, 9.17) is 19.9 Å². The fourth-order valence-electron chi connectivity index (χ4n) is 5.53. The quantitative estimate of drug-likeness (QED) is 0.0816. The second-order valence-corrected chi connectivity index (χ2v) is 13.6. The third-order valence-corrected chi connectivity index (χ3v) is 9.53. The molecule has 0 aliphatic heterocycles. The summed E-state index contributed by atoms with van der Waals surface area (Å²) in [5, 5.41) is 3.47. The summed E-state index contributed by atoms with van der Waals surface area (Å²) < 4.78 is 72.7. The molecule has 13 nitrogen and oxygen atoms in total. The van der Waals surface area contributed by atoms with Crippen LogP contribution < -0.4 is 30.0 Å². The van der Waals surface area contributed by atoms with E-state index in [9.17, 15) is 26.8 Å². The number of nitrogens with zero attached hydrogens (tertiary/aromatic N) is 3. The van der Waals surface area contributed by atoms with Crippen LogP contribution in [0, 0.1) is 18.6 Å². The number of unbranched alkanes of at least 4 members (excludes halogenated alkanes) is 5. The van der Waals surface area contributed by atoms with Crippen molar-refractivity contribution in [3.05, 3.63) is 90.5 Å². The third-order valence-electron chi connectivity index (χ3n) is 8.14. The summed E-state index contributed by atoms with van der Waals surface area (Å²) in [4.78, 5) is 35.8. The Balaban J connectivity index is 1.18. The summed E-state index contributed by atoms with van der Waals surface area (Å²) in [7, 11) is -3.17. The maximum absolute atomic E-state index is 14.4. The van der Waals surface area contributed by atoms with E-state index < -0.39 is 32.6 Å². The maximum atomic E-state index is 14.4. The smallest absolute Gasteiger partial charge is 0.410 e. The molecule has 0 aliphatic rings. The molecular weight excluding hydrogens is 711 g/mol. The third kappa shape index (κ3) is 10.1. The Morgan fingerprint density at radius 3 is 2.36 bits per heavy atom. The van der Waals surface area contributed by atoms with Crippen LogP contribution in [0.25, 0.3) is 22.0 Å². The predicted octanol–water partition coefficient (Wildman–Crippen LogP) is 7.29. The molecule has 0 saturated heterocycles. The number of anilines is 2. The SMILES string of the molecule is COc1ncc(-c2cc(OCCCCCCCCC(=O)Nc3ccccc3OC(N)=O)c3ncnc(C)c3c2)cc1NS(=O)(=O)c1ccc(F)cc1F. The van der Waals surface area contributed by atoms with E-state index in [1.807, 2.05) is 13.0 Å². The van der Waals surface area contributed by atoms with Crippen LogP contribution in [0.4, 0.5) is 25.0 Å². The van der Waals surface area contributed by atoms with Crippen molar-refractivity contribution in [1.82, 2.24) is 15.0 Å². The number of para-hydroxylation sites is 2. The number of sulfonamides is 1. The summed E-state index contributed by atoms with van der Waals surface area (Å²) in [5.41, 5.74) is 7.84. The van der Waals surface area contributed by atoms with Gasteiger partial charge in [0.25, 0.3) is 10.0 Å². The standard InChI is InChI=1S/C37H38F2N6O7S/c1-23-27-17-24(25-18-30(36(50-2)41-21-25)45-53(48,49)33-15-14-26(38)20-28(33)39)19-32(35(27)43-22-42-23)51-16-10-6-4-3-5-7-13-34(46)44-29-11-8-9-12-31(29)52-37(40)47/h8-9,11-12,14-15,17-22,45H,3-7,10,13,16H2,1-2H3,(H2,40,47)(H,44,46). The molecule has 0 fully saturated rings. The number of aromatic nitrogens is 3. The molecule has 0 radical (unpaired) electrons. The van der Waals surface area contributed by atoms with Crippen molar-refractivity contribution in [3.63, 3.8) is 0 Å². The molecule has 2 heterocycles. The highest BCUT2D eigenvalue weighted by molar-refractivity contribution is 7.92. The van der Waals surface area contributed by atoms with Crippen molar-refractivity contribution in [3.8, 4) is 28.5 Å². The molecule has 5 aromatic rings. The van der Waals surface area contributed by atoms with E-state index in [2.05, 4.69) is 25.0 Å². The summed E-state index contributed by atoms with van der Waals surface area (Å²) >= 11 is 0. The second kappa shape index (κ2) is 17.5. The molecular formula is C37H38F2N6O7S. The van der Waals surface area contributed by atoms with Gasteiger partial charge >= 0.3 is 6.09 Å². The number of ether oxygens (including phenoxy) is 3. The van der Waals surface area contributed by atoms with Gasteiger partial charge in [-0.25, -0.2) is 36.9 Å². The Morgan fingerprint density at radius 2 is 1.60 bits per heavy atom. The van der Waals surface area contributed by atoms with Crippen LogP contribution >= 0.6 is 0 Å². The fraction of sp³-hybridized carbons (Fsp3) is 0.270. The highest BCUT2D eigenvalue weighted by atomic mass is 32.2. The van der Waals surface area contributed by atoms with E-state index in [-0.39, 0.29) is 23.2 Å². The zero-order chi connectivity index (χ0) is 38.0. The number of nitrogens with two attached hydrogens (primary N) is 1. The lowest BCUT2D eigenvalue weighted by molar-refractivity contribution is -0.116. The van der Waals surface area contributed by atoms with Gasteiger partial charge in [-0.1, -0.05) is 37.8 Å². The number of methoxy groups -OCH3 is 1. The molecule has 53 heavy (non-hydrogen) atoms. The number of rotatable bonds is 17. The number of carbonyl (C=O) groups excluding carboxylic acids is 2. The first kappa shape index (κ1) is 38.3. The van der Waals surface area contributed by atoms with Gasteiger partial charge in [-0.3, -0.25) is 9.52 Å². The zero-order valence-electron chi connectivity index (χ0n) is 29.0. The van der Waals surface area contributed by atoms with Gasteiger partial charge in [-0.05, 0) is 67.8 Å². The molecule has 0 spiro atoms. The normalized spacial score (nSPS) is 11.2. The Kier molecular flexibility index (Phi) is 12.7. The molecule has 4 N–H and O–H groups in total. The lowest BCUT2D eigenvalue weighted by Gasteiger charge is -2.15. The maximum Gasteiger partial charge on any atom is 0.410 e. The molecule has 3 aromatic carbocycles. The molecule has 2 amide bonds. The van der Waals surface area contributed by atoms with Gasteiger partial charge in [-0.2, -0.15) is 0 Å². The first-order chi connectivity index (χ1) is 25.4. The van der Waals surface area contributed by atoms with Gasteiger partial charge in [0, 0.05) is 35.3 Å². The minimum absolute atomic E-state index is 0.0573. The molecule has 16 heteroatoms. The molecule has 0 saturated carbocycles. The molecule has 0 bridgehead atoms. The first-order valence-corrected chi connectivity index (χ1v) is 18.2. The Hall–Kier alpha value is -5.90. The lowest BCUT2D eigenvalue weighted by atomic mass is 10.0. The van der Waals surface area contributed by atoms with E-state index in [1.165, 1.54) is 25.7 Å². The van der Waals surface area contributed by atoms with E-state index in [0.717, 1.165) is 49.6 Å². The van der Waals surface area contributed by atoms with Gasteiger partial charge in [-0.15, -0.1) is 0 Å². The van der Waals surface area contributed by atoms with Crippen molar-refractivity contribution in [2.24, 2.45) is 5.73 Å². The molecule has 5 rings (SSSR count).